The van der Waals surface area contributed by atoms with Crippen molar-refractivity contribution in [1.29, 1.82) is 0 Å². The zero-order valence-corrected chi connectivity index (χ0v) is 15.2. The van der Waals surface area contributed by atoms with E-state index in [1.807, 2.05) is 47.2 Å². The van der Waals surface area contributed by atoms with Crippen LogP contribution in [-0.2, 0) is 17.9 Å². The zero-order valence-electron chi connectivity index (χ0n) is 15.2. The summed E-state index contributed by atoms with van der Waals surface area (Å²) >= 11 is 0. The van der Waals surface area contributed by atoms with Crippen LogP contribution in [0, 0.1) is 5.92 Å². The number of rotatable bonds is 6. The van der Waals surface area contributed by atoms with Crippen molar-refractivity contribution in [3.05, 3.63) is 60.0 Å². The molecule has 5 rings (SSSR count). The Labute approximate surface area is 160 Å². The molecule has 140 valence electrons. The minimum Gasteiger partial charge on any atom is -0.349 e. The van der Waals surface area contributed by atoms with Crippen molar-refractivity contribution < 1.29 is 9.59 Å². The van der Waals surface area contributed by atoms with Gasteiger partial charge in [-0.25, -0.2) is 4.98 Å². The number of para-hydroxylation sites is 1. The first-order valence-electron chi connectivity index (χ1n) is 9.37. The summed E-state index contributed by atoms with van der Waals surface area (Å²) in [5.74, 6) is 0.208. The van der Waals surface area contributed by atoms with Crippen LogP contribution in [0.3, 0.4) is 0 Å². The maximum Gasteiger partial charge on any atom is 0.240 e. The van der Waals surface area contributed by atoms with Crippen LogP contribution in [0.5, 0.6) is 0 Å². The highest BCUT2D eigenvalue weighted by atomic mass is 16.2. The standard InChI is InChI=1S/C21H19N5O2/c27-19(23-10-17-15-5-3-9-22-21(15)25-24-17)12-26-11-16(20(28)13-7-8-13)14-4-1-2-6-18(14)26/h1-6,9,11,13H,7-8,10,12H2,(H,23,27)(H,22,24,25). The topological polar surface area (TPSA) is 92.7 Å². The number of fused-ring (bicyclic) bond motifs is 2. The molecule has 4 aromatic rings. The molecular formula is C21H19N5O2. The van der Waals surface area contributed by atoms with E-state index >= 15 is 0 Å². The smallest absolute Gasteiger partial charge is 0.240 e. The number of nitrogens with zero attached hydrogens (tertiary/aromatic N) is 3. The first kappa shape index (κ1) is 16.7. The number of ketones is 1. The summed E-state index contributed by atoms with van der Waals surface area (Å²) in [4.78, 5) is 29.3. The first-order chi connectivity index (χ1) is 13.7. The highest BCUT2D eigenvalue weighted by molar-refractivity contribution is 6.10. The Kier molecular flexibility index (Phi) is 3.93. The van der Waals surface area contributed by atoms with Gasteiger partial charge in [0.15, 0.2) is 11.4 Å². The van der Waals surface area contributed by atoms with E-state index in [1.165, 1.54) is 0 Å². The fraction of sp³-hybridized carbons (Fsp3) is 0.238. The fourth-order valence-electron chi connectivity index (χ4n) is 3.57. The van der Waals surface area contributed by atoms with Gasteiger partial charge in [0.25, 0.3) is 0 Å². The van der Waals surface area contributed by atoms with Crippen molar-refractivity contribution >= 4 is 33.6 Å². The number of carbonyl (C=O) groups excluding carboxylic acids is 2. The molecule has 7 nitrogen and oxygen atoms in total. The lowest BCUT2D eigenvalue weighted by molar-refractivity contribution is -0.121. The van der Waals surface area contributed by atoms with Crippen molar-refractivity contribution in [3.8, 4) is 0 Å². The molecular weight excluding hydrogens is 354 g/mol. The molecule has 0 aliphatic heterocycles. The average Bonchev–Trinajstić information content (AvgIpc) is 3.40. The predicted octanol–water partition coefficient (Wildman–Crippen LogP) is 2.82. The number of Topliss-reactive ketones (excluding diaryl/α,β-unsaturated/α-hetero) is 1. The summed E-state index contributed by atoms with van der Waals surface area (Å²) in [6, 6.07) is 11.5. The number of H-pyrrole nitrogens is 1. The van der Waals surface area contributed by atoms with Gasteiger partial charge in [-0.3, -0.25) is 14.7 Å². The number of pyridine rings is 1. The van der Waals surface area contributed by atoms with Crippen LogP contribution in [0.1, 0.15) is 28.9 Å². The Bertz CT molecular complexity index is 1200. The summed E-state index contributed by atoms with van der Waals surface area (Å²) in [6.45, 7) is 0.497. The molecule has 0 unspecified atom stereocenters. The summed E-state index contributed by atoms with van der Waals surface area (Å²) in [5, 5.41) is 11.8. The number of benzene rings is 1. The Morgan fingerprint density at radius 2 is 1.96 bits per heavy atom. The third kappa shape index (κ3) is 2.94. The largest absolute Gasteiger partial charge is 0.349 e. The van der Waals surface area contributed by atoms with Gasteiger partial charge in [0.2, 0.25) is 5.91 Å². The lowest BCUT2D eigenvalue weighted by Gasteiger charge is -2.06. The molecule has 0 bridgehead atoms. The second kappa shape index (κ2) is 6.60. The predicted molar refractivity (Wildman–Crippen MR) is 105 cm³/mol. The van der Waals surface area contributed by atoms with E-state index in [-0.39, 0.29) is 24.2 Å². The van der Waals surface area contributed by atoms with Gasteiger partial charge >= 0.3 is 0 Å². The molecule has 7 heteroatoms. The molecule has 28 heavy (non-hydrogen) atoms. The SMILES string of the molecule is O=C(Cn1cc(C(=O)C2CC2)c2ccccc21)NCc1[nH]nc2ncccc12. The van der Waals surface area contributed by atoms with E-state index in [1.54, 1.807) is 6.20 Å². The van der Waals surface area contributed by atoms with Gasteiger partial charge in [0.05, 0.1) is 12.2 Å². The molecule has 1 aliphatic rings. The Morgan fingerprint density at radius 1 is 1.14 bits per heavy atom. The van der Waals surface area contributed by atoms with Crippen LogP contribution in [-0.4, -0.2) is 31.4 Å². The minimum absolute atomic E-state index is 0.127. The molecule has 1 aliphatic carbocycles. The Morgan fingerprint density at radius 3 is 2.82 bits per heavy atom. The van der Waals surface area contributed by atoms with E-state index in [0.29, 0.717) is 12.2 Å². The van der Waals surface area contributed by atoms with Crippen LogP contribution in [0.2, 0.25) is 0 Å². The number of hydrogen-bond donors (Lipinski definition) is 2. The highest BCUT2D eigenvalue weighted by Crippen LogP contribution is 2.35. The first-order valence-corrected chi connectivity index (χ1v) is 9.37. The number of aromatic amines is 1. The monoisotopic (exact) mass is 373 g/mol. The summed E-state index contributed by atoms with van der Waals surface area (Å²) < 4.78 is 1.85. The van der Waals surface area contributed by atoms with Gasteiger partial charge < -0.3 is 9.88 Å². The molecule has 1 fully saturated rings. The van der Waals surface area contributed by atoms with E-state index < -0.39 is 0 Å². The van der Waals surface area contributed by atoms with Gasteiger partial charge in [-0.1, -0.05) is 18.2 Å². The lowest BCUT2D eigenvalue weighted by atomic mass is 10.1. The number of carbonyl (C=O) groups is 2. The molecule has 0 saturated heterocycles. The molecule has 1 saturated carbocycles. The van der Waals surface area contributed by atoms with Crippen molar-refractivity contribution in [3.63, 3.8) is 0 Å². The summed E-state index contributed by atoms with van der Waals surface area (Å²) in [5.41, 5.74) is 3.07. The minimum atomic E-state index is -0.127. The van der Waals surface area contributed by atoms with Crippen LogP contribution in [0.25, 0.3) is 21.9 Å². The van der Waals surface area contributed by atoms with E-state index in [4.69, 9.17) is 0 Å². The average molecular weight is 373 g/mol. The molecule has 3 heterocycles. The number of nitrogens with one attached hydrogen (secondary N) is 2. The van der Waals surface area contributed by atoms with Gasteiger partial charge in [0.1, 0.15) is 6.54 Å². The van der Waals surface area contributed by atoms with Crippen LogP contribution < -0.4 is 5.32 Å². The van der Waals surface area contributed by atoms with Gasteiger partial charge in [-0.15, -0.1) is 0 Å². The molecule has 1 amide bonds. The van der Waals surface area contributed by atoms with E-state index in [9.17, 15) is 9.59 Å². The molecule has 3 aromatic heterocycles. The third-order valence-electron chi connectivity index (χ3n) is 5.19. The van der Waals surface area contributed by atoms with Crippen LogP contribution in [0.4, 0.5) is 0 Å². The van der Waals surface area contributed by atoms with Crippen molar-refractivity contribution in [2.24, 2.45) is 5.92 Å². The van der Waals surface area contributed by atoms with Crippen molar-refractivity contribution in [2.45, 2.75) is 25.9 Å². The third-order valence-corrected chi connectivity index (χ3v) is 5.19. The number of aromatic nitrogens is 4. The zero-order chi connectivity index (χ0) is 19.1. The maximum absolute atomic E-state index is 12.6. The number of hydrogen-bond acceptors (Lipinski definition) is 4. The van der Waals surface area contributed by atoms with Crippen LogP contribution in [0.15, 0.2) is 48.8 Å². The summed E-state index contributed by atoms with van der Waals surface area (Å²) in [6.07, 6.45) is 5.43. The summed E-state index contributed by atoms with van der Waals surface area (Å²) in [7, 11) is 0. The van der Waals surface area contributed by atoms with Gasteiger partial charge in [0, 0.05) is 40.2 Å². The molecule has 0 atom stereocenters. The Balaban J connectivity index is 1.35. The molecule has 2 N–H and O–H groups in total. The molecule has 1 aromatic carbocycles. The second-order valence-corrected chi connectivity index (χ2v) is 7.18. The van der Waals surface area contributed by atoms with Crippen molar-refractivity contribution in [2.75, 3.05) is 0 Å². The van der Waals surface area contributed by atoms with Crippen LogP contribution >= 0.6 is 0 Å². The normalized spacial score (nSPS) is 13.9. The number of amides is 1. The van der Waals surface area contributed by atoms with Gasteiger partial charge in [-0.05, 0) is 31.0 Å². The molecule has 0 spiro atoms. The lowest BCUT2D eigenvalue weighted by Crippen LogP contribution is -2.27. The highest BCUT2D eigenvalue weighted by Gasteiger charge is 2.32. The molecule has 0 radical (unpaired) electrons. The maximum atomic E-state index is 12.6. The fourth-order valence-corrected chi connectivity index (χ4v) is 3.57. The second-order valence-electron chi connectivity index (χ2n) is 7.18. The van der Waals surface area contributed by atoms with Gasteiger partial charge in [-0.2, -0.15) is 5.10 Å². The quantitative estimate of drug-likeness (QED) is 0.508. The Hall–Kier alpha value is -3.48. The van der Waals surface area contributed by atoms with E-state index in [2.05, 4.69) is 20.5 Å². The van der Waals surface area contributed by atoms with E-state index in [0.717, 1.165) is 40.4 Å². The van der Waals surface area contributed by atoms with Crippen molar-refractivity contribution in [1.82, 2.24) is 25.1 Å².